The largest absolute Gasteiger partial charge is 0.495 e. The summed E-state index contributed by atoms with van der Waals surface area (Å²) < 4.78 is 5.35. The van der Waals surface area contributed by atoms with E-state index in [9.17, 15) is 9.59 Å². The number of benzene rings is 1. The molecule has 0 atom stereocenters. The second-order valence-electron chi connectivity index (χ2n) is 6.68. The van der Waals surface area contributed by atoms with Gasteiger partial charge in [-0.15, -0.1) is 0 Å². The summed E-state index contributed by atoms with van der Waals surface area (Å²) >= 11 is 0. The third-order valence-electron chi connectivity index (χ3n) is 5.04. The number of rotatable bonds is 5. The van der Waals surface area contributed by atoms with E-state index >= 15 is 0 Å². The minimum Gasteiger partial charge on any atom is -0.495 e. The predicted octanol–water partition coefficient (Wildman–Crippen LogP) is 1.75. The van der Waals surface area contributed by atoms with Crippen LogP contribution in [-0.4, -0.2) is 68.0 Å². The molecule has 2 heterocycles. The van der Waals surface area contributed by atoms with Crippen LogP contribution in [0.3, 0.4) is 0 Å². The van der Waals surface area contributed by atoms with Crippen molar-refractivity contribution in [1.82, 2.24) is 9.80 Å². The summed E-state index contributed by atoms with van der Waals surface area (Å²) in [6.45, 7) is 4.22. The van der Waals surface area contributed by atoms with Crippen molar-refractivity contribution in [2.45, 2.75) is 25.7 Å². The Morgan fingerprint density at radius 3 is 2.56 bits per heavy atom. The van der Waals surface area contributed by atoms with Gasteiger partial charge in [-0.2, -0.15) is 0 Å². The van der Waals surface area contributed by atoms with Crippen LogP contribution in [0.4, 0.5) is 5.69 Å². The molecule has 2 aliphatic rings. The summed E-state index contributed by atoms with van der Waals surface area (Å²) in [5.74, 6) is 0.710. The summed E-state index contributed by atoms with van der Waals surface area (Å²) in [4.78, 5) is 30.8. The van der Waals surface area contributed by atoms with Gasteiger partial charge in [-0.1, -0.05) is 18.6 Å². The number of anilines is 1. The Morgan fingerprint density at radius 2 is 1.84 bits per heavy atom. The van der Waals surface area contributed by atoms with Gasteiger partial charge in [0.15, 0.2) is 0 Å². The molecule has 6 heteroatoms. The molecule has 2 amide bonds. The first-order valence-electron chi connectivity index (χ1n) is 9.12. The van der Waals surface area contributed by atoms with Gasteiger partial charge in [0.05, 0.1) is 12.8 Å². The van der Waals surface area contributed by atoms with Crippen LogP contribution in [-0.2, 0) is 9.59 Å². The van der Waals surface area contributed by atoms with Crippen LogP contribution in [0.1, 0.15) is 25.7 Å². The van der Waals surface area contributed by atoms with Gasteiger partial charge in [0.25, 0.3) is 0 Å². The maximum atomic E-state index is 12.5. The number of piperidine rings is 1. The topological polar surface area (TPSA) is 53.1 Å². The molecule has 1 aromatic rings. The summed E-state index contributed by atoms with van der Waals surface area (Å²) in [5, 5.41) is 0. The van der Waals surface area contributed by atoms with Crippen molar-refractivity contribution >= 4 is 17.5 Å². The molecule has 2 fully saturated rings. The molecule has 136 valence electrons. The van der Waals surface area contributed by atoms with Crippen LogP contribution in [0, 0.1) is 0 Å². The third kappa shape index (κ3) is 4.31. The number of likely N-dealkylation sites (tertiary alicyclic amines) is 1. The lowest BCUT2D eigenvalue weighted by atomic mass is 10.1. The number of carbonyl (C=O) groups excluding carboxylic acids is 2. The lowest BCUT2D eigenvalue weighted by Crippen LogP contribution is -2.52. The van der Waals surface area contributed by atoms with Crippen molar-refractivity contribution in [3.8, 4) is 5.75 Å². The first-order chi connectivity index (χ1) is 12.2. The highest BCUT2D eigenvalue weighted by molar-refractivity contribution is 5.99. The van der Waals surface area contributed by atoms with Gasteiger partial charge in [0.2, 0.25) is 11.8 Å². The van der Waals surface area contributed by atoms with E-state index in [0.29, 0.717) is 25.3 Å². The molecule has 0 aliphatic carbocycles. The van der Waals surface area contributed by atoms with E-state index in [0.717, 1.165) is 25.3 Å². The lowest BCUT2D eigenvalue weighted by Gasteiger charge is -2.35. The molecular formula is C19H27N3O3. The van der Waals surface area contributed by atoms with E-state index in [-0.39, 0.29) is 18.4 Å². The quantitative estimate of drug-likeness (QED) is 0.816. The van der Waals surface area contributed by atoms with E-state index in [1.165, 1.54) is 19.3 Å². The molecule has 25 heavy (non-hydrogen) atoms. The number of ether oxygens (including phenoxy) is 1. The Bertz CT molecular complexity index is 614. The Hall–Kier alpha value is -2.08. The standard InChI is InChI=1S/C19H27N3O3/c1-25-17-8-4-3-7-16(17)22-14-13-21(15-19(22)24)18(23)9-12-20-10-5-2-6-11-20/h3-4,7-8H,2,5-6,9-15H2,1H3. The third-order valence-corrected chi connectivity index (χ3v) is 5.04. The van der Waals surface area contributed by atoms with Crippen molar-refractivity contribution in [2.24, 2.45) is 0 Å². The van der Waals surface area contributed by atoms with Gasteiger partial charge in [-0.25, -0.2) is 0 Å². The molecule has 0 bridgehead atoms. The minimum absolute atomic E-state index is 0.0536. The molecule has 0 unspecified atom stereocenters. The van der Waals surface area contributed by atoms with E-state index in [1.807, 2.05) is 24.3 Å². The van der Waals surface area contributed by atoms with Crippen LogP contribution >= 0.6 is 0 Å². The molecule has 0 aromatic heterocycles. The van der Waals surface area contributed by atoms with Gasteiger partial charge < -0.3 is 19.4 Å². The van der Waals surface area contributed by atoms with Crippen molar-refractivity contribution in [2.75, 3.05) is 51.3 Å². The van der Waals surface area contributed by atoms with Crippen molar-refractivity contribution < 1.29 is 14.3 Å². The van der Waals surface area contributed by atoms with Gasteiger partial charge in [0, 0.05) is 26.1 Å². The molecule has 2 aliphatic heterocycles. The molecule has 1 aromatic carbocycles. The van der Waals surface area contributed by atoms with E-state index < -0.39 is 0 Å². The Morgan fingerprint density at radius 1 is 1.08 bits per heavy atom. The SMILES string of the molecule is COc1ccccc1N1CCN(C(=O)CCN2CCCCC2)CC1=O. The van der Waals surface area contributed by atoms with Gasteiger partial charge in [-0.3, -0.25) is 9.59 Å². The summed E-state index contributed by atoms with van der Waals surface area (Å²) in [6, 6.07) is 7.50. The van der Waals surface area contributed by atoms with E-state index in [4.69, 9.17) is 4.74 Å². The second-order valence-corrected chi connectivity index (χ2v) is 6.68. The molecule has 3 rings (SSSR count). The van der Waals surface area contributed by atoms with Crippen molar-refractivity contribution in [3.63, 3.8) is 0 Å². The average Bonchev–Trinajstić information content (AvgIpc) is 2.67. The maximum Gasteiger partial charge on any atom is 0.246 e. The first kappa shape index (κ1) is 17.7. The number of nitrogens with zero attached hydrogens (tertiary/aromatic N) is 3. The highest BCUT2D eigenvalue weighted by Gasteiger charge is 2.29. The van der Waals surface area contributed by atoms with Crippen LogP contribution in [0.15, 0.2) is 24.3 Å². The van der Waals surface area contributed by atoms with Crippen LogP contribution in [0.25, 0.3) is 0 Å². The number of methoxy groups -OCH3 is 1. The van der Waals surface area contributed by atoms with Crippen molar-refractivity contribution in [3.05, 3.63) is 24.3 Å². The normalized spacial score (nSPS) is 19.2. The first-order valence-corrected chi connectivity index (χ1v) is 9.12. The number of hydrogen-bond donors (Lipinski definition) is 0. The van der Waals surface area contributed by atoms with Gasteiger partial charge in [-0.05, 0) is 38.1 Å². The molecular weight excluding hydrogens is 318 g/mol. The highest BCUT2D eigenvalue weighted by atomic mass is 16.5. The summed E-state index contributed by atoms with van der Waals surface area (Å²) in [7, 11) is 1.60. The minimum atomic E-state index is -0.0536. The van der Waals surface area contributed by atoms with E-state index in [2.05, 4.69) is 4.90 Å². The Labute approximate surface area is 149 Å². The maximum absolute atomic E-state index is 12.5. The van der Waals surface area contributed by atoms with Crippen LogP contribution in [0.2, 0.25) is 0 Å². The number of piperazine rings is 1. The van der Waals surface area contributed by atoms with Crippen LogP contribution in [0.5, 0.6) is 5.75 Å². The number of amides is 2. The monoisotopic (exact) mass is 345 g/mol. The lowest BCUT2D eigenvalue weighted by molar-refractivity contribution is -0.137. The fourth-order valence-electron chi connectivity index (χ4n) is 3.59. The Balaban J connectivity index is 1.54. The number of para-hydroxylation sites is 2. The zero-order valence-corrected chi connectivity index (χ0v) is 14.9. The molecule has 2 saturated heterocycles. The number of carbonyl (C=O) groups is 2. The van der Waals surface area contributed by atoms with Crippen LogP contribution < -0.4 is 9.64 Å². The van der Waals surface area contributed by atoms with Gasteiger partial charge in [0.1, 0.15) is 12.3 Å². The Kier molecular flexibility index (Phi) is 5.91. The molecule has 0 spiro atoms. The second kappa shape index (κ2) is 8.34. The zero-order valence-electron chi connectivity index (χ0n) is 14.9. The number of hydrogen-bond acceptors (Lipinski definition) is 4. The molecule has 0 N–H and O–H groups in total. The van der Waals surface area contributed by atoms with Gasteiger partial charge >= 0.3 is 0 Å². The smallest absolute Gasteiger partial charge is 0.246 e. The molecule has 6 nitrogen and oxygen atoms in total. The zero-order chi connectivity index (χ0) is 17.6. The highest BCUT2D eigenvalue weighted by Crippen LogP contribution is 2.28. The van der Waals surface area contributed by atoms with Crippen molar-refractivity contribution in [1.29, 1.82) is 0 Å². The molecule has 0 saturated carbocycles. The predicted molar refractivity (Wildman–Crippen MR) is 96.8 cm³/mol. The summed E-state index contributed by atoms with van der Waals surface area (Å²) in [6.07, 6.45) is 4.25. The van der Waals surface area contributed by atoms with E-state index in [1.54, 1.807) is 16.9 Å². The summed E-state index contributed by atoms with van der Waals surface area (Å²) in [5.41, 5.74) is 0.774. The average molecular weight is 345 g/mol. The molecule has 0 radical (unpaired) electrons. The fourth-order valence-corrected chi connectivity index (χ4v) is 3.59. The fraction of sp³-hybridized carbons (Fsp3) is 0.579.